The summed E-state index contributed by atoms with van der Waals surface area (Å²) in [5, 5.41) is 12.6. The summed E-state index contributed by atoms with van der Waals surface area (Å²) in [5.41, 5.74) is 2.11. The van der Waals surface area contributed by atoms with E-state index >= 15 is 0 Å². The Balaban J connectivity index is 1.96. The molecule has 0 radical (unpaired) electrons. The van der Waals surface area contributed by atoms with Crippen molar-refractivity contribution < 1.29 is 13.2 Å². The Kier molecular flexibility index (Phi) is 6.20. The van der Waals surface area contributed by atoms with E-state index < -0.39 is 21.8 Å². The second-order valence-corrected chi connectivity index (χ2v) is 9.57. The van der Waals surface area contributed by atoms with Crippen LogP contribution >= 0.6 is 0 Å². The van der Waals surface area contributed by atoms with E-state index in [0.29, 0.717) is 16.5 Å². The van der Waals surface area contributed by atoms with Gasteiger partial charge in [-0.15, -0.1) is 0 Å². The number of nitrogens with zero attached hydrogens (tertiary/aromatic N) is 2. The number of nitrogens with one attached hydrogen (secondary N) is 1. The monoisotopic (exact) mass is 455 g/mol. The number of fused-ring (bicyclic) bond motifs is 1. The van der Waals surface area contributed by atoms with Gasteiger partial charge in [0.2, 0.25) is 0 Å². The summed E-state index contributed by atoms with van der Waals surface area (Å²) < 4.78 is 26.0. The van der Waals surface area contributed by atoms with Crippen molar-refractivity contribution in [1.82, 2.24) is 10.3 Å². The summed E-state index contributed by atoms with van der Waals surface area (Å²) in [7, 11) is -3.85. The molecular weight excluding hydrogens is 434 g/mol. The molecule has 1 amide bonds. The summed E-state index contributed by atoms with van der Waals surface area (Å²) in [6, 6.07) is 26.5. The highest BCUT2D eigenvalue weighted by Crippen LogP contribution is 2.34. The minimum atomic E-state index is -3.85. The topological polar surface area (TPSA) is 99.9 Å². The van der Waals surface area contributed by atoms with Crippen molar-refractivity contribution >= 4 is 26.6 Å². The molecule has 0 spiro atoms. The standard InChI is InChI=1S/C26H21N3O3S/c1-33(31,32)25-23(26(30)29-21(16-17-27)18-10-4-2-5-11-18)20-14-8-9-15-22(20)28-24(25)19-12-6-3-7-13-19/h2-15,21H,16H2,1H3,(H,29,30). The zero-order chi connectivity index (χ0) is 23.4. The fourth-order valence-corrected chi connectivity index (χ4v) is 4.92. The molecule has 0 saturated carbocycles. The average Bonchev–Trinajstić information content (AvgIpc) is 2.83. The average molecular weight is 456 g/mol. The third-order valence-electron chi connectivity index (χ3n) is 5.30. The van der Waals surface area contributed by atoms with Crippen LogP contribution in [0.15, 0.2) is 89.8 Å². The minimum absolute atomic E-state index is 0.0285. The van der Waals surface area contributed by atoms with Gasteiger partial charge in [0.05, 0.1) is 35.3 Å². The molecule has 4 aromatic rings. The van der Waals surface area contributed by atoms with Gasteiger partial charge in [0.1, 0.15) is 4.90 Å². The van der Waals surface area contributed by atoms with Crippen molar-refractivity contribution in [2.75, 3.05) is 6.26 Å². The molecule has 0 bridgehead atoms. The van der Waals surface area contributed by atoms with Gasteiger partial charge in [0.15, 0.2) is 9.84 Å². The van der Waals surface area contributed by atoms with Crippen LogP contribution in [0.2, 0.25) is 0 Å². The van der Waals surface area contributed by atoms with Crippen LogP contribution in [0.4, 0.5) is 0 Å². The highest BCUT2D eigenvalue weighted by molar-refractivity contribution is 7.91. The molecule has 1 heterocycles. The molecule has 0 fully saturated rings. The normalized spacial score (nSPS) is 12.1. The quantitative estimate of drug-likeness (QED) is 0.455. The lowest BCUT2D eigenvalue weighted by Gasteiger charge is -2.20. The van der Waals surface area contributed by atoms with Gasteiger partial charge in [-0.05, 0) is 11.6 Å². The number of carbonyl (C=O) groups is 1. The molecule has 0 aliphatic carbocycles. The number of amides is 1. The number of para-hydroxylation sites is 1. The third-order valence-corrected chi connectivity index (χ3v) is 6.43. The number of carbonyl (C=O) groups excluding carboxylic acids is 1. The lowest BCUT2D eigenvalue weighted by molar-refractivity contribution is 0.0935. The van der Waals surface area contributed by atoms with Gasteiger partial charge in [-0.1, -0.05) is 78.9 Å². The number of pyridine rings is 1. The van der Waals surface area contributed by atoms with Crippen molar-refractivity contribution in [2.24, 2.45) is 0 Å². The first-order valence-corrected chi connectivity index (χ1v) is 12.2. The molecule has 164 valence electrons. The molecule has 0 saturated heterocycles. The fraction of sp³-hybridized carbons (Fsp3) is 0.115. The maximum absolute atomic E-state index is 13.7. The summed E-state index contributed by atoms with van der Waals surface area (Å²) in [4.78, 5) is 18.1. The number of hydrogen-bond donors (Lipinski definition) is 1. The fourth-order valence-electron chi connectivity index (χ4n) is 3.83. The first kappa shape index (κ1) is 22.2. The van der Waals surface area contributed by atoms with E-state index in [4.69, 9.17) is 0 Å². The van der Waals surface area contributed by atoms with Gasteiger partial charge >= 0.3 is 0 Å². The highest BCUT2D eigenvalue weighted by atomic mass is 32.2. The molecule has 1 unspecified atom stereocenters. The van der Waals surface area contributed by atoms with Gasteiger partial charge in [0, 0.05) is 17.2 Å². The Hall–Kier alpha value is -4.02. The van der Waals surface area contributed by atoms with Crippen LogP contribution in [-0.2, 0) is 9.84 Å². The maximum Gasteiger partial charge on any atom is 0.253 e. The molecule has 0 aliphatic heterocycles. The van der Waals surface area contributed by atoms with Crippen molar-refractivity contribution in [2.45, 2.75) is 17.4 Å². The van der Waals surface area contributed by atoms with Crippen LogP contribution in [0, 0.1) is 11.3 Å². The minimum Gasteiger partial charge on any atom is -0.344 e. The van der Waals surface area contributed by atoms with Crippen molar-refractivity contribution in [3.63, 3.8) is 0 Å². The number of rotatable bonds is 6. The maximum atomic E-state index is 13.7. The summed E-state index contributed by atoms with van der Waals surface area (Å²) in [6.07, 6.45) is 1.12. The first-order chi connectivity index (χ1) is 15.9. The summed E-state index contributed by atoms with van der Waals surface area (Å²) >= 11 is 0. The van der Waals surface area contributed by atoms with E-state index in [0.717, 1.165) is 11.8 Å². The molecule has 7 heteroatoms. The molecule has 33 heavy (non-hydrogen) atoms. The van der Waals surface area contributed by atoms with E-state index in [1.54, 1.807) is 48.5 Å². The Morgan fingerprint density at radius 1 is 0.970 bits per heavy atom. The Morgan fingerprint density at radius 3 is 2.21 bits per heavy atom. The first-order valence-electron chi connectivity index (χ1n) is 10.3. The molecular formula is C26H21N3O3S. The number of hydrogen-bond acceptors (Lipinski definition) is 5. The van der Waals surface area contributed by atoms with E-state index in [-0.39, 0.29) is 22.6 Å². The predicted octanol–water partition coefficient (Wildman–Crippen LogP) is 4.69. The number of aromatic nitrogens is 1. The van der Waals surface area contributed by atoms with E-state index in [1.807, 2.05) is 36.4 Å². The van der Waals surface area contributed by atoms with Gasteiger partial charge in [-0.2, -0.15) is 5.26 Å². The Labute approximate surface area is 192 Å². The van der Waals surface area contributed by atoms with Crippen molar-refractivity contribution in [1.29, 1.82) is 5.26 Å². The zero-order valence-electron chi connectivity index (χ0n) is 17.9. The van der Waals surface area contributed by atoms with Crippen LogP contribution in [0.1, 0.15) is 28.4 Å². The predicted molar refractivity (Wildman–Crippen MR) is 127 cm³/mol. The van der Waals surface area contributed by atoms with Crippen LogP contribution in [0.3, 0.4) is 0 Å². The molecule has 6 nitrogen and oxygen atoms in total. The number of nitriles is 1. The second-order valence-electron chi connectivity index (χ2n) is 7.62. The molecule has 1 atom stereocenters. The Bertz CT molecular complexity index is 1460. The summed E-state index contributed by atoms with van der Waals surface area (Å²) in [6.45, 7) is 0. The lowest BCUT2D eigenvalue weighted by atomic mass is 10.0. The van der Waals surface area contributed by atoms with E-state index in [1.165, 1.54) is 0 Å². The van der Waals surface area contributed by atoms with Crippen molar-refractivity contribution in [3.05, 3.63) is 96.1 Å². The number of sulfone groups is 1. The van der Waals surface area contributed by atoms with Crippen LogP contribution in [0.5, 0.6) is 0 Å². The second kappa shape index (κ2) is 9.23. The summed E-state index contributed by atoms with van der Waals surface area (Å²) in [5.74, 6) is -0.574. The number of benzene rings is 3. The van der Waals surface area contributed by atoms with Gasteiger partial charge in [0.25, 0.3) is 5.91 Å². The molecule has 4 rings (SSSR count). The molecule has 1 N–H and O–H groups in total. The molecule has 3 aromatic carbocycles. The van der Waals surface area contributed by atoms with Crippen molar-refractivity contribution in [3.8, 4) is 17.3 Å². The van der Waals surface area contributed by atoms with Gasteiger partial charge < -0.3 is 5.32 Å². The highest BCUT2D eigenvalue weighted by Gasteiger charge is 2.29. The van der Waals surface area contributed by atoms with E-state index in [2.05, 4.69) is 16.4 Å². The Morgan fingerprint density at radius 2 is 1.58 bits per heavy atom. The van der Waals surface area contributed by atoms with E-state index in [9.17, 15) is 18.5 Å². The molecule has 0 aliphatic rings. The van der Waals surface area contributed by atoms with Gasteiger partial charge in [-0.3, -0.25) is 4.79 Å². The lowest BCUT2D eigenvalue weighted by Crippen LogP contribution is -2.30. The smallest absolute Gasteiger partial charge is 0.253 e. The SMILES string of the molecule is CS(=O)(=O)c1c(-c2ccccc2)nc2ccccc2c1C(=O)NC(CC#N)c1ccccc1. The third kappa shape index (κ3) is 4.61. The molecule has 1 aromatic heterocycles. The largest absolute Gasteiger partial charge is 0.344 e. The van der Waals surface area contributed by atoms with Crippen LogP contribution < -0.4 is 5.32 Å². The van der Waals surface area contributed by atoms with Crippen LogP contribution in [-0.4, -0.2) is 25.6 Å². The van der Waals surface area contributed by atoms with Crippen LogP contribution in [0.25, 0.3) is 22.2 Å². The zero-order valence-corrected chi connectivity index (χ0v) is 18.7. The van der Waals surface area contributed by atoms with Gasteiger partial charge in [-0.25, -0.2) is 13.4 Å².